The molecule has 6 heteroatoms. The third-order valence-electron chi connectivity index (χ3n) is 3.62. The van der Waals surface area contributed by atoms with Crippen LogP contribution in [0.2, 0.25) is 0 Å². The fraction of sp³-hybridized carbons (Fsp3) is 0.533. The zero-order valence-electron chi connectivity index (χ0n) is 13.2. The largest absolute Gasteiger partial charge is 0.338 e. The lowest BCUT2D eigenvalue weighted by atomic mass is 10.2. The van der Waals surface area contributed by atoms with Crippen molar-refractivity contribution in [3.63, 3.8) is 0 Å². The molecule has 0 bridgehead atoms. The van der Waals surface area contributed by atoms with Gasteiger partial charge in [0.25, 0.3) is 0 Å². The lowest BCUT2D eigenvalue weighted by Crippen LogP contribution is -2.31. The van der Waals surface area contributed by atoms with Gasteiger partial charge in [-0.3, -0.25) is 9.89 Å². The summed E-state index contributed by atoms with van der Waals surface area (Å²) in [6.07, 6.45) is 1.26. The van der Waals surface area contributed by atoms with Gasteiger partial charge < -0.3 is 4.90 Å². The summed E-state index contributed by atoms with van der Waals surface area (Å²) in [5, 5.41) is 8.11. The van der Waals surface area contributed by atoms with Gasteiger partial charge in [-0.15, -0.1) is 11.3 Å². The molecule has 0 aliphatic carbocycles. The van der Waals surface area contributed by atoms with E-state index in [2.05, 4.69) is 22.1 Å². The zero-order chi connectivity index (χ0) is 15.6. The number of hydrogen-bond acceptors (Lipinski definition) is 4. The molecular weight excluding hydrogens is 284 g/mol. The highest BCUT2D eigenvalue weighted by Crippen LogP contribution is 2.29. The number of nitrogens with one attached hydrogen (secondary N) is 1. The maximum absolute atomic E-state index is 12.4. The Morgan fingerprint density at radius 3 is 2.71 bits per heavy atom. The van der Waals surface area contributed by atoms with Crippen molar-refractivity contribution in [3.8, 4) is 0 Å². The molecule has 2 rings (SSSR count). The number of H-pyrrole nitrogens is 1. The van der Waals surface area contributed by atoms with E-state index in [0.29, 0.717) is 6.42 Å². The molecular formula is C15H22N4OS. The van der Waals surface area contributed by atoms with Crippen LogP contribution in [0.15, 0.2) is 6.07 Å². The Morgan fingerprint density at radius 1 is 1.48 bits per heavy atom. The first-order chi connectivity index (χ1) is 9.92. The lowest BCUT2D eigenvalue weighted by Gasteiger charge is -2.24. The minimum atomic E-state index is 0.0374. The SMILES string of the molecule is CCc1nc(C)c(C(C)N(C)C(=O)Cc2cc(C)[nH]n2)s1. The van der Waals surface area contributed by atoms with Crippen molar-refractivity contribution < 1.29 is 4.79 Å². The molecule has 0 fully saturated rings. The molecule has 5 nitrogen and oxygen atoms in total. The fourth-order valence-electron chi connectivity index (χ4n) is 2.24. The van der Waals surface area contributed by atoms with E-state index in [4.69, 9.17) is 0 Å². The molecule has 1 amide bonds. The minimum absolute atomic E-state index is 0.0374. The Hall–Kier alpha value is -1.69. The molecule has 0 radical (unpaired) electrons. The van der Waals surface area contributed by atoms with Gasteiger partial charge in [-0.05, 0) is 33.3 Å². The number of rotatable bonds is 5. The van der Waals surface area contributed by atoms with E-state index in [1.165, 1.54) is 4.88 Å². The Balaban J connectivity index is 2.08. The number of carbonyl (C=O) groups excluding carboxylic acids is 1. The van der Waals surface area contributed by atoms with E-state index in [0.717, 1.165) is 28.5 Å². The molecule has 2 aromatic rings. The average molecular weight is 306 g/mol. The molecule has 0 saturated heterocycles. The highest BCUT2D eigenvalue weighted by molar-refractivity contribution is 7.11. The van der Waals surface area contributed by atoms with Crippen molar-refractivity contribution >= 4 is 17.2 Å². The number of aromatic nitrogens is 3. The third kappa shape index (κ3) is 3.50. The van der Waals surface area contributed by atoms with Crippen LogP contribution in [-0.4, -0.2) is 33.0 Å². The van der Waals surface area contributed by atoms with Crippen LogP contribution in [0.3, 0.4) is 0 Å². The molecule has 21 heavy (non-hydrogen) atoms. The van der Waals surface area contributed by atoms with E-state index in [1.807, 2.05) is 33.9 Å². The van der Waals surface area contributed by atoms with E-state index in [9.17, 15) is 4.79 Å². The number of nitrogens with zero attached hydrogens (tertiary/aromatic N) is 3. The molecule has 0 spiro atoms. The molecule has 2 heterocycles. The second-order valence-electron chi connectivity index (χ2n) is 5.31. The summed E-state index contributed by atoms with van der Waals surface area (Å²) in [5.74, 6) is 0.0693. The van der Waals surface area contributed by atoms with Crippen LogP contribution in [-0.2, 0) is 17.6 Å². The Labute approximate surface area is 129 Å². The molecule has 0 aliphatic heterocycles. The van der Waals surface area contributed by atoms with Gasteiger partial charge in [-0.1, -0.05) is 6.92 Å². The van der Waals surface area contributed by atoms with Crippen molar-refractivity contribution in [2.45, 2.75) is 46.6 Å². The fourth-order valence-corrected chi connectivity index (χ4v) is 3.34. The number of hydrogen-bond donors (Lipinski definition) is 1. The lowest BCUT2D eigenvalue weighted by molar-refractivity contribution is -0.131. The van der Waals surface area contributed by atoms with Crippen molar-refractivity contribution in [3.05, 3.63) is 33.0 Å². The number of amides is 1. The van der Waals surface area contributed by atoms with Crippen molar-refractivity contribution in [1.29, 1.82) is 0 Å². The molecule has 0 aromatic carbocycles. The van der Waals surface area contributed by atoms with Crippen LogP contribution in [0.5, 0.6) is 0 Å². The van der Waals surface area contributed by atoms with Gasteiger partial charge in [0.15, 0.2) is 0 Å². The molecule has 1 unspecified atom stereocenters. The van der Waals surface area contributed by atoms with Gasteiger partial charge in [0.2, 0.25) is 5.91 Å². The van der Waals surface area contributed by atoms with Crippen LogP contribution in [0.1, 0.15) is 46.9 Å². The van der Waals surface area contributed by atoms with Gasteiger partial charge >= 0.3 is 0 Å². The summed E-state index contributed by atoms with van der Waals surface area (Å²) in [4.78, 5) is 19.9. The number of likely N-dealkylation sites (N-methyl/N-ethyl adjacent to an activating group) is 1. The Bertz CT molecular complexity index is 631. The van der Waals surface area contributed by atoms with Crippen LogP contribution in [0.4, 0.5) is 0 Å². The van der Waals surface area contributed by atoms with Gasteiger partial charge in [-0.2, -0.15) is 5.10 Å². The first kappa shape index (κ1) is 15.7. The standard InChI is InChI=1S/C15H22N4OS/c1-6-13-16-10(3)15(21-13)11(4)19(5)14(20)8-12-7-9(2)17-18-12/h7,11H,6,8H2,1-5H3,(H,17,18). The van der Waals surface area contributed by atoms with Crippen LogP contribution >= 0.6 is 11.3 Å². The maximum atomic E-state index is 12.4. The summed E-state index contributed by atoms with van der Waals surface area (Å²) in [6.45, 7) is 8.09. The van der Waals surface area contributed by atoms with Crippen molar-refractivity contribution in [1.82, 2.24) is 20.1 Å². The summed E-state index contributed by atoms with van der Waals surface area (Å²) >= 11 is 1.70. The summed E-state index contributed by atoms with van der Waals surface area (Å²) < 4.78 is 0. The van der Waals surface area contributed by atoms with Crippen LogP contribution in [0.25, 0.3) is 0 Å². The minimum Gasteiger partial charge on any atom is -0.338 e. The zero-order valence-corrected chi connectivity index (χ0v) is 14.0. The number of aryl methyl sites for hydroxylation is 3. The monoisotopic (exact) mass is 306 g/mol. The molecule has 0 saturated carbocycles. The Kier molecular flexibility index (Phi) is 4.77. The normalized spacial score (nSPS) is 12.4. The molecule has 1 atom stereocenters. The van der Waals surface area contributed by atoms with Crippen molar-refractivity contribution in [2.75, 3.05) is 7.05 Å². The van der Waals surface area contributed by atoms with Crippen LogP contribution in [0, 0.1) is 13.8 Å². The molecule has 114 valence electrons. The predicted octanol–water partition coefficient (Wildman–Crippen LogP) is 2.81. The van der Waals surface area contributed by atoms with Crippen LogP contribution < -0.4 is 0 Å². The number of aromatic amines is 1. The smallest absolute Gasteiger partial charge is 0.228 e. The van der Waals surface area contributed by atoms with E-state index in [1.54, 1.807) is 16.2 Å². The number of carbonyl (C=O) groups is 1. The van der Waals surface area contributed by atoms with E-state index in [-0.39, 0.29) is 11.9 Å². The van der Waals surface area contributed by atoms with E-state index < -0.39 is 0 Å². The Morgan fingerprint density at radius 2 is 2.19 bits per heavy atom. The van der Waals surface area contributed by atoms with E-state index >= 15 is 0 Å². The number of thiazole rings is 1. The third-order valence-corrected chi connectivity index (χ3v) is 5.10. The first-order valence-electron chi connectivity index (χ1n) is 7.15. The van der Waals surface area contributed by atoms with Gasteiger partial charge in [0.05, 0.1) is 28.9 Å². The summed E-state index contributed by atoms with van der Waals surface area (Å²) in [7, 11) is 1.84. The quantitative estimate of drug-likeness (QED) is 0.924. The predicted molar refractivity (Wildman–Crippen MR) is 84.4 cm³/mol. The summed E-state index contributed by atoms with van der Waals surface area (Å²) in [6, 6.07) is 1.94. The highest BCUT2D eigenvalue weighted by Gasteiger charge is 2.22. The molecule has 2 aromatic heterocycles. The molecule has 0 aliphatic rings. The average Bonchev–Trinajstić information content (AvgIpc) is 3.03. The maximum Gasteiger partial charge on any atom is 0.228 e. The van der Waals surface area contributed by atoms with Crippen molar-refractivity contribution in [2.24, 2.45) is 0 Å². The van der Waals surface area contributed by atoms with Gasteiger partial charge in [-0.25, -0.2) is 4.98 Å². The van der Waals surface area contributed by atoms with Gasteiger partial charge in [0.1, 0.15) is 0 Å². The second kappa shape index (κ2) is 6.39. The topological polar surface area (TPSA) is 61.9 Å². The summed E-state index contributed by atoms with van der Waals surface area (Å²) in [5.41, 5.74) is 2.78. The van der Waals surface area contributed by atoms with Gasteiger partial charge in [0, 0.05) is 17.6 Å². The first-order valence-corrected chi connectivity index (χ1v) is 7.96. The second-order valence-corrected chi connectivity index (χ2v) is 6.43. The molecule has 1 N–H and O–H groups in total. The highest BCUT2D eigenvalue weighted by atomic mass is 32.1.